The lowest BCUT2D eigenvalue weighted by atomic mass is 10.1. The Balaban J connectivity index is 2.47. The molecule has 0 fully saturated rings. The van der Waals surface area contributed by atoms with E-state index in [0.29, 0.717) is 12.0 Å². The Morgan fingerprint density at radius 2 is 1.71 bits per heavy atom. The monoisotopic (exact) mass is 493 g/mol. The molecule has 0 aliphatic heterocycles. The summed E-state index contributed by atoms with van der Waals surface area (Å²) < 4.78 is 45.0. The van der Waals surface area contributed by atoms with Crippen molar-refractivity contribution in [3.8, 4) is 5.75 Å². The van der Waals surface area contributed by atoms with Gasteiger partial charge in [0.15, 0.2) is 0 Å². The van der Waals surface area contributed by atoms with Crippen molar-refractivity contribution in [3.63, 3.8) is 0 Å². The molecule has 8 nitrogen and oxygen atoms in total. The molecule has 2 rings (SSSR count). The van der Waals surface area contributed by atoms with Gasteiger partial charge in [-0.15, -0.1) is 0 Å². The van der Waals surface area contributed by atoms with Crippen LogP contribution in [0.5, 0.6) is 5.75 Å². The van der Waals surface area contributed by atoms with Crippen LogP contribution in [0.2, 0.25) is 0 Å². The number of hydrogen-bond acceptors (Lipinski definition) is 5. The van der Waals surface area contributed by atoms with E-state index in [1.807, 2.05) is 13.8 Å². The second kappa shape index (κ2) is 11.8. The molecule has 10 heteroatoms. The number of anilines is 1. The summed E-state index contributed by atoms with van der Waals surface area (Å²) in [5, 5.41) is 2.81. The minimum atomic E-state index is -3.87. The molecule has 0 heterocycles. The Hall–Kier alpha value is -3.14. The van der Waals surface area contributed by atoms with Crippen molar-refractivity contribution < 1.29 is 27.1 Å². The van der Waals surface area contributed by atoms with Crippen molar-refractivity contribution in [2.45, 2.75) is 45.8 Å². The zero-order valence-corrected chi connectivity index (χ0v) is 20.9. The van der Waals surface area contributed by atoms with Crippen LogP contribution >= 0.6 is 0 Å². The number of carbonyl (C=O) groups excluding carboxylic acids is 2. The van der Waals surface area contributed by atoms with Gasteiger partial charge in [-0.05, 0) is 50.1 Å². The summed E-state index contributed by atoms with van der Waals surface area (Å²) in [6.45, 7) is 4.86. The summed E-state index contributed by atoms with van der Waals surface area (Å²) in [5.74, 6) is -1.07. The molecular formula is C24H32FN3O5S. The van der Waals surface area contributed by atoms with Crippen LogP contribution in [-0.4, -0.2) is 57.1 Å². The fourth-order valence-corrected chi connectivity index (χ4v) is 4.37. The Bertz CT molecular complexity index is 1090. The summed E-state index contributed by atoms with van der Waals surface area (Å²) >= 11 is 0. The summed E-state index contributed by atoms with van der Waals surface area (Å²) in [5.41, 5.74) is 0.816. The van der Waals surface area contributed by atoms with Crippen molar-refractivity contribution in [1.82, 2.24) is 10.2 Å². The quantitative estimate of drug-likeness (QED) is 0.519. The highest BCUT2D eigenvalue weighted by molar-refractivity contribution is 7.92. The number of benzene rings is 2. The smallest absolute Gasteiger partial charge is 0.244 e. The van der Waals surface area contributed by atoms with Gasteiger partial charge in [-0.25, -0.2) is 12.8 Å². The first-order chi connectivity index (χ1) is 16.0. The predicted octanol–water partition coefficient (Wildman–Crippen LogP) is 2.93. The summed E-state index contributed by atoms with van der Waals surface area (Å²) in [7, 11) is -2.47. The van der Waals surface area contributed by atoms with Gasteiger partial charge in [0.1, 0.15) is 24.2 Å². The molecule has 0 aromatic heterocycles. The maximum atomic E-state index is 13.6. The third-order valence-electron chi connectivity index (χ3n) is 5.12. The lowest BCUT2D eigenvalue weighted by molar-refractivity contribution is -0.140. The molecule has 0 spiro atoms. The molecule has 2 aromatic rings. The first kappa shape index (κ1) is 27.1. The Morgan fingerprint density at radius 1 is 1.09 bits per heavy atom. The van der Waals surface area contributed by atoms with Crippen molar-refractivity contribution >= 4 is 27.5 Å². The molecule has 0 aliphatic rings. The Morgan fingerprint density at radius 3 is 2.24 bits per heavy atom. The van der Waals surface area contributed by atoms with E-state index < -0.39 is 34.3 Å². The lowest BCUT2D eigenvalue weighted by Crippen LogP contribution is -2.53. The van der Waals surface area contributed by atoms with Crippen LogP contribution in [0.4, 0.5) is 10.1 Å². The minimum Gasteiger partial charge on any atom is -0.495 e. The van der Waals surface area contributed by atoms with Gasteiger partial charge in [0.2, 0.25) is 21.8 Å². The van der Waals surface area contributed by atoms with Gasteiger partial charge in [0.25, 0.3) is 0 Å². The molecule has 0 bridgehead atoms. The molecule has 0 saturated heterocycles. The van der Waals surface area contributed by atoms with Crippen LogP contribution in [0, 0.1) is 5.82 Å². The van der Waals surface area contributed by atoms with Crippen LogP contribution in [0.1, 0.15) is 32.8 Å². The first-order valence-corrected chi connectivity index (χ1v) is 12.8. The number of para-hydroxylation sites is 2. The van der Waals surface area contributed by atoms with E-state index in [4.69, 9.17) is 4.74 Å². The topological polar surface area (TPSA) is 96.0 Å². The third-order valence-corrected chi connectivity index (χ3v) is 6.24. The van der Waals surface area contributed by atoms with Crippen molar-refractivity contribution in [2.75, 3.05) is 24.2 Å². The minimum absolute atomic E-state index is 0.00661. The SMILES string of the molecule is CC[C@@H](C(=O)NC(C)C)N(Cc1ccc(F)cc1)C(=O)CN(c1ccccc1OC)S(C)(=O)=O. The van der Waals surface area contributed by atoms with Crippen LogP contribution in [0.15, 0.2) is 48.5 Å². The van der Waals surface area contributed by atoms with Gasteiger partial charge < -0.3 is 15.0 Å². The van der Waals surface area contributed by atoms with Gasteiger partial charge in [-0.1, -0.05) is 31.2 Å². The maximum Gasteiger partial charge on any atom is 0.244 e. The number of carbonyl (C=O) groups is 2. The number of ether oxygens (including phenoxy) is 1. The summed E-state index contributed by atoms with van der Waals surface area (Å²) in [4.78, 5) is 27.8. The number of sulfonamides is 1. The predicted molar refractivity (Wildman–Crippen MR) is 129 cm³/mol. The van der Waals surface area contributed by atoms with Crippen molar-refractivity contribution in [1.29, 1.82) is 0 Å². The van der Waals surface area contributed by atoms with Crippen LogP contribution in [-0.2, 0) is 26.2 Å². The van der Waals surface area contributed by atoms with Gasteiger partial charge in [-0.2, -0.15) is 0 Å². The van der Waals surface area contributed by atoms with E-state index in [0.717, 1.165) is 10.6 Å². The molecule has 0 unspecified atom stereocenters. The number of halogens is 1. The normalized spacial score (nSPS) is 12.2. The molecule has 34 heavy (non-hydrogen) atoms. The van der Waals surface area contributed by atoms with E-state index in [9.17, 15) is 22.4 Å². The number of methoxy groups -OCH3 is 1. The second-order valence-corrected chi connectivity index (χ2v) is 10.1. The van der Waals surface area contributed by atoms with E-state index in [2.05, 4.69) is 5.32 Å². The van der Waals surface area contributed by atoms with Crippen LogP contribution in [0.25, 0.3) is 0 Å². The molecule has 2 amide bonds. The van der Waals surface area contributed by atoms with Gasteiger partial charge in [0.05, 0.1) is 19.1 Å². The Kier molecular flexibility index (Phi) is 9.43. The molecule has 0 radical (unpaired) electrons. The molecule has 1 N–H and O–H groups in total. The standard InChI is InChI=1S/C24H32FN3O5S/c1-6-20(24(30)26-17(2)3)27(15-18-11-13-19(25)14-12-18)23(29)16-28(34(5,31)32)21-9-7-8-10-22(21)33-4/h7-14,17,20H,6,15-16H2,1-5H3,(H,26,30)/t20-/m0/s1. The maximum absolute atomic E-state index is 13.6. The molecular weight excluding hydrogens is 461 g/mol. The largest absolute Gasteiger partial charge is 0.495 e. The average Bonchev–Trinajstić information content (AvgIpc) is 2.77. The lowest BCUT2D eigenvalue weighted by Gasteiger charge is -2.33. The molecule has 1 atom stereocenters. The number of nitrogens with zero attached hydrogens (tertiary/aromatic N) is 2. The average molecular weight is 494 g/mol. The Labute approximate surface area is 200 Å². The first-order valence-electron chi connectivity index (χ1n) is 10.9. The molecule has 186 valence electrons. The van der Waals surface area contributed by atoms with Crippen molar-refractivity contribution in [3.05, 3.63) is 59.9 Å². The highest BCUT2D eigenvalue weighted by atomic mass is 32.2. The van der Waals surface area contributed by atoms with E-state index in [1.54, 1.807) is 31.2 Å². The van der Waals surface area contributed by atoms with E-state index in [-0.39, 0.29) is 29.9 Å². The number of rotatable bonds is 11. The highest BCUT2D eigenvalue weighted by Gasteiger charge is 2.32. The molecule has 2 aromatic carbocycles. The zero-order valence-electron chi connectivity index (χ0n) is 20.1. The molecule has 0 saturated carbocycles. The van der Waals surface area contributed by atoms with Gasteiger partial charge >= 0.3 is 0 Å². The second-order valence-electron chi connectivity index (χ2n) is 8.18. The van der Waals surface area contributed by atoms with Crippen molar-refractivity contribution in [2.24, 2.45) is 0 Å². The summed E-state index contributed by atoms with van der Waals surface area (Å²) in [6.07, 6.45) is 1.30. The number of hydrogen-bond donors (Lipinski definition) is 1. The molecule has 0 aliphatic carbocycles. The number of nitrogens with one attached hydrogen (secondary N) is 1. The van der Waals surface area contributed by atoms with E-state index >= 15 is 0 Å². The van der Waals surface area contributed by atoms with Gasteiger partial charge in [-0.3, -0.25) is 13.9 Å². The highest BCUT2D eigenvalue weighted by Crippen LogP contribution is 2.29. The third kappa shape index (κ3) is 7.18. The number of amides is 2. The zero-order chi connectivity index (χ0) is 25.5. The fraction of sp³-hybridized carbons (Fsp3) is 0.417. The van der Waals surface area contributed by atoms with Crippen LogP contribution < -0.4 is 14.4 Å². The van der Waals surface area contributed by atoms with E-state index in [1.165, 1.54) is 36.3 Å². The van der Waals surface area contributed by atoms with Crippen LogP contribution in [0.3, 0.4) is 0 Å². The van der Waals surface area contributed by atoms with Gasteiger partial charge in [0, 0.05) is 12.6 Å². The fourth-order valence-electron chi connectivity index (χ4n) is 3.52. The summed E-state index contributed by atoms with van der Waals surface area (Å²) in [6, 6.07) is 11.1.